The molecule has 0 radical (unpaired) electrons. The third-order valence-corrected chi connectivity index (χ3v) is 3.44. The SMILES string of the molecule is CC(=O)CC(=O)OCCCCOc1ccc2c(c1)CCC(=O)N2. The number of amides is 1. The molecule has 2 rings (SSSR count). The zero-order chi connectivity index (χ0) is 16.7. The van der Waals surface area contributed by atoms with Crippen molar-refractivity contribution in [2.24, 2.45) is 0 Å². The normalized spacial score (nSPS) is 13.0. The standard InChI is InChI=1S/C17H21NO5/c1-12(19)10-17(21)23-9-3-2-8-22-14-5-6-15-13(11-14)4-7-16(20)18-15/h5-6,11H,2-4,7-10H2,1H3,(H,18,20). The van der Waals surface area contributed by atoms with Gasteiger partial charge in [-0.2, -0.15) is 0 Å². The van der Waals surface area contributed by atoms with Crippen molar-refractivity contribution < 1.29 is 23.9 Å². The summed E-state index contributed by atoms with van der Waals surface area (Å²) in [4.78, 5) is 33.2. The minimum Gasteiger partial charge on any atom is -0.494 e. The van der Waals surface area contributed by atoms with Crippen molar-refractivity contribution in [3.63, 3.8) is 0 Å². The van der Waals surface area contributed by atoms with E-state index in [0.717, 1.165) is 29.8 Å². The number of benzene rings is 1. The molecule has 1 N–H and O–H groups in total. The van der Waals surface area contributed by atoms with Crippen molar-refractivity contribution >= 4 is 23.3 Å². The smallest absolute Gasteiger partial charge is 0.313 e. The van der Waals surface area contributed by atoms with E-state index in [1.165, 1.54) is 6.92 Å². The van der Waals surface area contributed by atoms with Gasteiger partial charge in [0.2, 0.25) is 5.91 Å². The molecule has 1 aliphatic rings. The van der Waals surface area contributed by atoms with Crippen LogP contribution in [0.25, 0.3) is 0 Å². The molecule has 0 unspecified atom stereocenters. The fourth-order valence-corrected chi connectivity index (χ4v) is 2.28. The maximum Gasteiger partial charge on any atom is 0.313 e. The van der Waals surface area contributed by atoms with Crippen LogP contribution in [0.15, 0.2) is 18.2 Å². The Labute approximate surface area is 135 Å². The van der Waals surface area contributed by atoms with Gasteiger partial charge in [0.1, 0.15) is 18.0 Å². The second kappa shape index (κ2) is 8.31. The fourth-order valence-electron chi connectivity index (χ4n) is 2.28. The molecule has 0 spiro atoms. The molecule has 0 saturated carbocycles. The molecule has 0 aliphatic carbocycles. The van der Waals surface area contributed by atoms with Crippen LogP contribution in [0.4, 0.5) is 5.69 Å². The molecule has 1 aromatic carbocycles. The van der Waals surface area contributed by atoms with E-state index < -0.39 is 5.97 Å². The summed E-state index contributed by atoms with van der Waals surface area (Å²) in [6.45, 7) is 2.18. The summed E-state index contributed by atoms with van der Waals surface area (Å²) in [6, 6.07) is 5.63. The van der Waals surface area contributed by atoms with E-state index in [2.05, 4.69) is 5.32 Å². The lowest BCUT2D eigenvalue weighted by Gasteiger charge is -2.17. The predicted molar refractivity (Wildman–Crippen MR) is 84.4 cm³/mol. The maximum atomic E-state index is 11.3. The van der Waals surface area contributed by atoms with Crippen LogP contribution in [0.1, 0.15) is 38.2 Å². The quantitative estimate of drug-likeness (QED) is 0.451. The highest BCUT2D eigenvalue weighted by molar-refractivity contribution is 5.94. The number of carbonyl (C=O) groups is 3. The summed E-state index contributed by atoms with van der Waals surface area (Å²) in [5.74, 6) is 0.149. The lowest BCUT2D eigenvalue weighted by Crippen LogP contribution is -2.18. The van der Waals surface area contributed by atoms with Crippen LogP contribution in [0.5, 0.6) is 5.75 Å². The molecule has 0 fully saturated rings. The number of esters is 1. The van der Waals surface area contributed by atoms with Crippen LogP contribution < -0.4 is 10.1 Å². The molecular weight excluding hydrogens is 298 g/mol. The second-order valence-corrected chi connectivity index (χ2v) is 5.52. The Morgan fingerprint density at radius 2 is 1.96 bits per heavy atom. The van der Waals surface area contributed by atoms with Gasteiger partial charge in [-0.25, -0.2) is 0 Å². The first-order valence-electron chi connectivity index (χ1n) is 7.75. The number of aryl methyl sites for hydroxylation is 1. The van der Waals surface area contributed by atoms with Gasteiger partial charge in [-0.1, -0.05) is 0 Å². The van der Waals surface area contributed by atoms with Crippen molar-refractivity contribution in [3.8, 4) is 5.75 Å². The molecule has 0 bridgehead atoms. The molecule has 6 nitrogen and oxygen atoms in total. The van der Waals surface area contributed by atoms with Crippen molar-refractivity contribution in [3.05, 3.63) is 23.8 Å². The average molecular weight is 319 g/mol. The number of unbranched alkanes of at least 4 members (excludes halogenated alkanes) is 1. The number of carbonyl (C=O) groups excluding carboxylic acids is 3. The molecule has 0 saturated heterocycles. The molecule has 1 heterocycles. The van der Waals surface area contributed by atoms with Crippen molar-refractivity contribution in [2.45, 2.75) is 39.0 Å². The van der Waals surface area contributed by atoms with Crippen LogP contribution >= 0.6 is 0 Å². The molecule has 23 heavy (non-hydrogen) atoms. The second-order valence-electron chi connectivity index (χ2n) is 5.52. The van der Waals surface area contributed by atoms with Crippen LogP contribution in [-0.2, 0) is 25.5 Å². The summed E-state index contributed by atoms with van der Waals surface area (Å²) in [6.07, 6.45) is 2.50. The van der Waals surface area contributed by atoms with Gasteiger partial charge in [0.05, 0.1) is 13.2 Å². The topological polar surface area (TPSA) is 81.7 Å². The Balaban J connectivity index is 1.64. The van der Waals surface area contributed by atoms with Crippen LogP contribution in [-0.4, -0.2) is 30.9 Å². The number of ether oxygens (including phenoxy) is 2. The number of ketones is 1. The highest BCUT2D eigenvalue weighted by atomic mass is 16.5. The minimum absolute atomic E-state index is 0.0467. The van der Waals surface area contributed by atoms with Crippen LogP contribution in [0, 0.1) is 0 Å². The number of hydrogen-bond donors (Lipinski definition) is 1. The van der Waals surface area contributed by atoms with Gasteiger partial charge in [0.15, 0.2) is 0 Å². The molecular formula is C17H21NO5. The van der Waals surface area contributed by atoms with E-state index in [1.54, 1.807) is 0 Å². The minimum atomic E-state index is -0.477. The average Bonchev–Trinajstić information content (AvgIpc) is 2.50. The zero-order valence-corrected chi connectivity index (χ0v) is 13.2. The Kier molecular flexibility index (Phi) is 6.14. The number of rotatable bonds is 8. The maximum absolute atomic E-state index is 11.3. The number of Topliss-reactive ketones (excluding diaryl/α,β-unsaturated/α-hetero) is 1. The van der Waals surface area contributed by atoms with E-state index in [-0.39, 0.29) is 18.1 Å². The van der Waals surface area contributed by atoms with Crippen LogP contribution in [0.3, 0.4) is 0 Å². The molecule has 0 atom stereocenters. The molecule has 1 amide bonds. The first-order valence-corrected chi connectivity index (χ1v) is 7.75. The van der Waals surface area contributed by atoms with Gasteiger partial charge < -0.3 is 14.8 Å². The van der Waals surface area contributed by atoms with E-state index in [4.69, 9.17) is 9.47 Å². The first-order chi connectivity index (χ1) is 11.0. The molecule has 1 aliphatic heterocycles. The third kappa shape index (κ3) is 5.73. The number of fused-ring (bicyclic) bond motifs is 1. The van der Waals surface area contributed by atoms with E-state index in [9.17, 15) is 14.4 Å². The van der Waals surface area contributed by atoms with Crippen LogP contribution in [0.2, 0.25) is 0 Å². The Bertz CT molecular complexity index is 597. The summed E-state index contributed by atoms with van der Waals surface area (Å²) in [7, 11) is 0. The third-order valence-electron chi connectivity index (χ3n) is 3.44. The van der Waals surface area contributed by atoms with E-state index >= 15 is 0 Å². The molecule has 124 valence electrons. The molecule has 0 aromatic heterocycles. The first kappa shape index (κ1) is 17.0. The summed E-state index contributed by atoms with van der Waals surface area (Å²) < 4.78 is 10.6. The summed E-state index contributed by atoms with van der Waals surface area (Å²) in [5.41, 5.74) is 1.94. The Morgan fingerprint density at radius 3 is 2.74 bits per heavy atom. The lowest BCUT2D eigenvalue weighted by molar-refractivity contribution is -0.145. The Morgan fingerprint density at radius 1 is 1.17 bits per heavy atom. The van der Waals surface area contributed by atoms with Gasteiger partial charge in [-0.05, 0) is 49.9 Å². The largest absolute Gasteiger partial charge is 0.494 e. The van der Waals surface area contributed by atoms with Gasteiger partial charge in [0.25, 0.3) is 0 Å². The van der Waals surface area contributed by atoms with E-state index in [1.807, 2.05) is 18.2 Å². The van der Waals surface area contributed by atoms with E-state index in [0.29, 0.717) is 26.1 Å². The van der Waals surface area contributed by atoms with Gasteiger partial charge in [-0.3, -0.25) is 14.4 Å². The summed E-state index contributed by atoms with van der Waals surface area (Å²) in [5, 5.41) is 2.83. The number of hydrogen-bond acceptors (Lipinski definition) is 5. The monoisotopic (exact) mass is 319 g/mol. The zero-order valence-electron chi connectivity index (χ0n) is 13.2. The Hall–Kier alpha value is -2.37. The lowest BCUT2D eigenvalue weighted by atomic mass is 10.0. The van der Waals surface area contributed by atoms with Gasteiger partial charge in [-0.15, -0.1) is 0 Å². The predicted octanol–water partition coefficient (Wildman–Crippen LogP) is 2.25. The van der Waals surface area contributed by atoms with Crippen molar-refractivity contribution in [1.29, 1.82) is 0 Å². The highest BCUT2D eigenvalue weighted by Gasteiger charge is 2.14. The highest BCUT2D eigenvalue weighted by Crippen LogP contribution is 2.26. The van der Waals surface area contributed by atoms with Crippen molar-refractivity contribution in [1.82, 2.24) is 0 Å². The van der Waals surface area contributed by atoms with Gasteiger partial charge >= 0.3 is 5.97 Å². The molecule has 1 aromatic rings. The number of nitrogens with one attached hydrogen (secondary N) is 1. The molecule has 6 heteroatoms. The summed E-state index contributed by atoms with van der Waals surface area (Å²) >= 11 is 0. The number of anilines is 1. The van der Waals surface area contributed by atoms with Crippen molar-refractivity contribution in [2.75, 3.05) is 18.5 Å². The van der Waals surface area contributed by atoms with Gasteiger partial charge in [0, 0.05) is 12.1 Å². The fraction of sp³-hybridized carbons (Fsp3) is 0.471.